The van der Waals surface area contributed by atoms with Gasteiger partial charge in [-0.25, -0.2) is 4.98 Å². The Morgan fingerprint density at radius 1 is 1.20 bits per heavy atom. The molecule has 0 atom stereocenters. The van der Waals surface area contributed by atoms with Crippen molar-refractivity contribution in [1.29, 1.82) is 0 Å². The van der Waals surface area contributed by atoms with Crippen molar-refractivity contribution in [2.24, 2.45) is 0 Å². The molecule has 3 nitrogen and oxygen atoms in total. The van der Waals surface area contributed by atoms with Crippen molar-refractivity contribution in [3.05, 3.63) is 54.2 Å². The monoisotopic (exact) mass is 202 g/mol. The molecule has 15 heavy (non-hydrogen) atoms. The van der Waals surface area contributed by atoms with Gasteiger partial charge in [-0.1, -0.05) is 30.3 Å². The fraction of sp³-hybridized carbons (Fsp3) is 0.250. The number of oxazole rings is 1. The van der Waals surface area contributed by atoms with Crippen LogP contribution >= 0.6 is 0 Å². The average molecular weight is 202 g/mol. The summed E-state index contributed by atoms with van der Waals surface area (Å²) in [4.78, 5) is 3.85. The number of nitrogens with one attached hydrogen (secondary N) is 1. The third kappa shape index (κ3) is 3.22. The number of nitrogens with zero attached hydrogens (tertiary/aromatic N) is 1. The van der Waals surface area contributed by atoms with E-state index in [1.165, 1.54) is 12.0 Å². The molecule has 0 aliphatic rings. The number of aromatic nitrogens is 1. The van der Waals surface area contributed by atoms with Crippen molar-refractivity contribution in [2.75, 3.05) is 6.54 Å². The first-order valence-corrected chi connectivity index (χ1v) is 5.07. The van der Waals surface area contributed by atoms with Crippen LogP contribution in [-0.2, 0) is 13.0 Å². The Balaban J connectivity index is 1.68. The van der Waals surface area contributed by atoms with Gasteiger partial charge in [-0.15, -0.1) is 0 Å². The lowest BCUT2D eigenvalue weighted by Gasteiger charge is -2.02. The third-order valence-electron chi connectivity index (χ3n) is 2.22. The van der Waals surface area contributed by atoms with E-state index in [9.17, 15) is 0 Å². The van der Waals surface area contributed by atoms with E-state index in [-0.39, 0.29) is 0 Å². The van der Waals surface area contributed by atoms with Gasteiger partial charge >= 0.3 is 0 Å². The van der Waals surface area contributed by atoms with E-state index in [1.54, 1.807) is 6.20 Å². The molecule has 1 aromatic carbocycles. The van der Waals surface area contributed by atoms with Crippen molar-refractivity contribution in [1.82, 2.24) is 10.3 Å². The summed E-state index contributed by atoms with van der Waals surface area (Å²) in [6.45, 7) is 1.69. The minimum Gasteiger partial charge on any atom is -0.447 e. The second kappa shape index (κ2) is 5.32. The number of rotatable bonds is 5. The standard InChI is InChI=1S/C12H14N2O/c1-2-4-11(5-3-1)6-7-13-8-12-9-14-10-15-12/h1-5,9-10,13H,6-8H2. The van der Waals surface area contributed by atoms with E-state index in [0.29, 0.717) is 0 Å². The molecule has 0 bridgehead atoms. The second-order valence-corrected chi connectivity index (χ2v) is 3.38. The summed E-state index contributed by atoms with van der Waals surface area (Å²) in [5.74, 6) is 0.878. The van der Waals surface area contributed by atoms with E-state index in [1.807, 2.05) is 6.07 Å². The zero-order valence-corrected chi connectivity index (χ0v) is 8.52. The van der Waals surface area contributed by atoms with E-state index in [2.05, 4.69) is 34.6 Å². The highest BCUT2D eigenvalue weighted by Gasteiger charge is 1.95. The van der Waals surface area contributed by atoms with Gasteiger partial charge in [-0.05, 0) is 18.5 Å². The molecule has 0 unspecified atom stereocenters. The van der Waals surface area contributed by atoms with Crippen molar-refractivity contribution >= 4 is 0 Å². The number of hydrogen-bond donors (Lipinski definition) is 1. The van der Waals surface area contributed by atoms with Crippen LogP contribution in [-0.4, -0.2) is 11.5 Å². The van der Waals surface area contributed by atoms with Crippen molar-refractivity contribution in [2.45, 2.75) is 13.0 Å². The molecule has 0 aliphatic heterocycles. The SMILES string of the molecule is c1ccc(CCNCc2cnco2)cc1. The van der Waals surface area contributed by atoms with Crippen LogP contribution in [0.25, 0.3) is 0 Å². The molecular formula is C12H14N2O. The summed E-state index contributed by atoms with van der Waals surface area (Å²) >= 11 is 0. The van der Waals surface area contributed by atoms with Gasteiger partial charge in [-0.3, -0.25) is 0 Å². The predicted octanol–water partition coefficient (Wildman–Crippen LogP) is 2.01. The highest BCUT2D eigenvalue weighted by molar-refractivity contribution is 5.14. The molecular weight excluding hydrogens is 188 g/mol. The summed E-state index contributed by atoms with van der Waals surface area (Å²) in [5, 5.41) is 3.30. The maximum atomic E-state index is 5.11. The van der Waals surface area contributed by atoms with E-state index in [0.717, 1.165) is 25.3 Å². The molecule has 0 fully saturated rings. The molecule has 2 rings (SSSR count). The first kappa shape index (κ1) is 9.93. The molecule has 0 saturated heterocycles. The van der Waals surface area contributed by atoms with Crippen LogP contribution in [0.4, 0.5) is 0 Å². The molecule has 78 valence electrons. The molecule has 1 heterocycles. The topological polar surface area (TPSA) is 38.1 Å². The lowest BCUT2D eigenvalue weighted by molar-refractivity contribution is 0.480. The summed E-state index contributed by atoms with van der Waals surface area (Å²) in [5.41, 5.74) is 1.35. The maximum absolute atomic E-state index is 5.11. The molecule has 0 aliphatic carbocycles. The van der Waals surface area contributed by atoms with Gasteiger partial charge in [-0.2, -0.15) is 0 Å². The van der Waals surface area contributed by atoms with Crippen LogP contribution in [0.1, 0.15) is 11.3 Å². The molecule has 0 spiro atoms. The lowest BCUT2D eigenvalue weighted by atomic mass is 10.1. The molecule has 0 radical (unpaired) electrons. The van der Waals surface area contributed by atoms with Gasteiger partial charge in [0, 0.05) is 0 Å². The largest absolute Gasteiger partial charge is 0.447 e. The van der Waals surface area contributed by atoms with Gasteiger partial charge in [0.15, 0.2) is 6.39 Å². The second-order valence-electron chi connectivity index (χ2n) is 3.38. The predicted molar refractivity (Wildman–Crippen MR) is 58.4 cm³/mol. The maximum Gasteiger partial charge on any atom is 0.180 e. The fourth-order valence-corrected chi connectivity index (χ4v) is 1.42. The molecule has 2 aromatic rings. The first-order chi connectivity index (χ1) is 7.45. The number of benzene rings is 1. The highest BCUT2D eigenvalue weighted by Crippen LogP contribution is 1.99. The first-order valence-electron chi connectivity index (χ1n) is 5.07. The van der Waals surface area contributed by atoms with E-state index < -0.39 is 0 Å². The Labute approximate surface area is 89.1 Å². The van der Waals surface area contributed by atoms with Crippen LogP contribution in [0, 0.1) is 0 Å². The summed E-state index contributed by atoms with van der Waals surface area (Å²) < 4.78 is 5.11. The van der Waals surface area contributed by atoms with Gasteiger partial charge in [0.1, 0.15) is 5.76 Å². The van der Waals surface area contributed by atoms with Crippen molar-refractivity contribution in [3.63, 3.8) is 0 Å². The smallest absolute Gasteiger partial charge is 0.180 e. The Kier molecular flexibility index (Phi) is 3.52. The molecule has 0 saturated carbocycles. The van der Waals surface area contributed by atoms with Crippen LogP contribution < -0.4 is 5.32 Å². The normalized spacial score (nSPS) is 10.4. The highest BCUT2D eigenvalue weighted by atomic mass is 16.3. The van der Waals surface area contributed by atoms with E-state index >= 15 is 0 Å². The minimum absolute atomic E-state index is 0.743. The number of hydrogen-bond acceptors (Lipinski definition) is 3. The Morgan fingerprint density at radius 2 is 2.07 bits per heavy atom. The van der Waals surface area contributed by atoms with Gasteiger partial charge < -0.3 is 9.73 Å². The summed E-state index contributed by atoms with van der Waals surface area (Å²) in [7, 11) is 0. The van der Waals surface area contributed by atoms with Crippen LogP contribution in [0.2, 0.25) is 0 Å². The van der Waals surface area contributed by atoms with Crippen LogP contribution in [0.5, 0.6) is 0 Å². The minimum atomic E-state index is 0.743. The zero-order valence-electron chi connectivity index (χ0n) is 8.52. The Bertz CT molecular complexity index is 370. The molecule has 3 heteroatoms. The fourth-order valence-electron chi connectivity index (χ4n) is 1.42. The van der Waals surface area contributed by atoms with Crippen LogP contribution in [0.15, 0.2) is 47.3 Å². The van der Waals surface area contributed by atoms with E-state index in [4.69, 9.17) is 4.42 Å². The van der Waals surface area contributed by atoms with Gasteiger partial charge in [0.2, 0.25) is 0 Å². The quantitative estimate of drug-likeness (QED) is 0.754. The van der Waals surface area contributed by atoms with Gasteiger partial charge in [0.25, 0.3) is 0 Å². The zero-order chi connectivity index (χ0) is 10.3. The lowest BCUT2D eigenvalue weighted by Crippen LogP contribution is -2.16. The molecule has 1 aromatic heterocycles. The summed E-state index contributed by atoms with van der Waals surface area (Å²) in [6, 6.07) is 10.4. The summed E-state index contributed by atoms with van der Waals surface area (Å²) in [6.07, 6.45) is 4.22. The molecule has 0 amide bonds. The van der Waals surface area contributed by atoms with Crippen LogP contribution in [0.3, 0.4) is 0 Å². The van der Waals surface area contributed by atoms with Crippen molar-refractivity contribution < 1.29 is 4.42 Å². The molecule has 1 N–H and O–H groups in total. The Morgan fingerprint density at radius 3 is 2.80 bits per heavy atom. The average Bonchev–Trinajstić information content (AvgIpc) is 2.79. The van der Waals surface area contributed by atoms with Crippen molar-refractivity contribution in [3.8, 4) is 0 Å². The third-order valence-corrected chi connectivity index (χ3v) is 2.22. The Hall–Kier alpha value is -1.61. The van der Waals surface area contributed by atoms with Gasteiger partial charge in [0.05, 0.1) is 12.7 Å².